The number of methoxy groups -OCH3 is 1. The molecule has 0 heterocycles. The molecule has 3 rings (SSSR count). The Bertz CT molecular complexity index is 1210. The van der Waals surface area contributed by atoms with Gasteiger partial charge in [0.1, 0.15) is 23.8 Å². The van der Waals surface area contributed by atoms with Crippen LogP contribution >= 0.6 is 0 Å². The van der Waals surface area contributed by atoms with E-state index in [-0.39, 0.29) is 12.6 Å². The number of amides is 1. The summed E-state index contributed by atoms with van der Waals surface area (Å²) in [6, 6.07) is 21.4. The zero-order valence-corrected chi connectivity index (χ0v) is 20.6. The first-order valence-electron chi connectivity index (χ1n) is 11.0. The Balaban J connectivity index is 1.73. The van der Waals surface area contributed by atoms with E-state index in [1.54, 1.807) is 31.4 Å². The van der Waals surface area contributed by atoms with Gasteiger partial charge in [0.15, 0.2) is 0 Å². The van der Waals surface area contributed by atoms with Gasteiger partial charge in [0.05, 0.1) is 25.1 Å². The number of hydrogen-bond acceptors (Lipinski definition) is 5. The van der Waals surface area contributed by atoms with E-state index in [1.165, 1.54) is 0 Å². The van der Waals surface area contributed by atoms with Crippen molar-refractivity contribution in [1.82, 2.24) is 5.32 Å². The second kappa shape index (κ2) is 11.1. The van der Waals surface area contributed by atoms with E-state index in [4.69, 9.17) is 9.47 Å². The molecule has 3 aromatic carbocycles. The number of aryl methyl sites for hydroxylation is 1. The van der Waals surface area contributed by atoms with Gasteiger partial charge in [-0.25, -0.2) is 8.42 Å². The average Bonchev–Trinajstić information content (AvgIpc) is 2.81. The van der Waals surface area contributed by atoms with Crippen molar-refractivity contribution in [2.45, 2.75) is 26.3 Å². The first-order valence-corrected chi connectivity index (χ1v) is 12.8. The van der Waals surface area contributed by atoms with Gasteiger partial charge in [-0.15, -0.1) is 0 Å². The van der Waals surface area contributed by atoms with E-state index in [9.17, 15) is 13.2 Å². The van der Waals surface area contributed by atoms with Gasteiger partial charge in [-0.1, -0.05) is 37.3 Å². The van der Waals surface area contributed by atoms with Gasteiger partial charge in [-0.05, 0) is 66.9 Å². The van der Waals surface area contributed by atoms with Crippen molar-refractivity contribution in [2.75, 3.05) is 24.2 Å². The number of rotatable bonds is 10. The fraction of sp³-hybridized carbons (Fsp3) is 0.269. The number of nitrogens with one attached hydrogen (secondary N) is 1. The SMILES string of the molecule is CC[C@H](NC(=O)CN(c1ccc(Oc2ccccc2)cc1)S(C)(=O)=O)c1ccc(OC)c(C)c1. The quantitative estimate of drug-likeness (QED) is 0.447. The van der Waals surface area contributed by atoms with Crippen LogP contribution in [0.3, 0.4) is 0 Å². The first-order chi connectivity index (χ1) is 16.2. The summed E-state index contributed by atoms with van der Waals surface area (Å²) in [7, 11) is -2.08. The molecule has 0 fully saturated rings. The molecule has 0 aliphatic heterocycles. The van der Waals surface area contributed by atoms with Crippen molar-refractivity contribution < 1.29 is 22.7 Å². The second-order valence-electron chi connectivity index (χ2n) is 7.94. The van der Waals surface area contributed by atoms with Crippen molar-refractivity contribution >= 4 is 21.6 Å². The van der Waals surface area contributed by atoms with Gasteiger partial charge >= 0.3 is 0 Å². The molecule has 34 heavy (non-hydrogen) atoms. The van der Waals surface area contributed by atoms with Crippen LogP contribution in [-0.2, 0) is 14.8 Å². The van der Waals surface area contributed by atoms with Gasteiger partial charge < -0.3 is 14.8 Å². The minimum Gasteiger partial charge on any atom is -0.496 e. The maximum absolute atomic E-state index is 12.9. The number of ether oxygens (including phenoxy) is 2. The van der Waals surface area contributed by atoms with Crippen LogP contribution in [0, 0.1) is 6.92 Å². The lowest BCUT2D eigenvalue weighted by atomic mass is 10.0. The molecule has 1 N–H and O–H groups in total. The van der Waals surface area contributed by atoms with E-state index >= 15 is 0 Å². The number of hydrogen-bond donors (Lipinski definition) is 1. The predicted molar refractivity (Wildman–Crippen MR) is 134 cm³/mol. The number of carbonyl (C=O) groups excluding carboxylic acids is 1. The van der Waals surface area contributed by atoms with Crippen LogP contribution in [0.4, 0.5) is 5.69 Å². The standard InChI is InChI=1S/C26H30N2O5S/c1-5-24(20-11-16-25(32-3)19(2)17-20)27-26(29)18-28(34(4,30)31)21-12-14-23(15-13-21)33-22-9-7-6-8-10-22/h6-17,24H,5,18H2,1-4H3,(H,27,29)/t24-/m0/s1. The van der Waals surface area contributed by atoms with Crippen LogP contribution in [0.15, 0.2) is 72.8 Å². The summed E-state index contributed by atoms with van der Waals surface area (Å²) in [4.78, 5) is 12.9. The molecular formula is C26H30N2O5S. The van der Waals surface area contributed by atoms with Crippen LogP contribution in [0.1, 0.15) is 30.5 Å². The largest absolute Gasteiger partial charge is 0.496 e. The van der Waals surface area contributed by atoms with Crippen molar-refractivity contribution in [1.29, 1.82) is 0 Å². The minimum atomic E-state index is -3.69. The maximum Gasteiger partial charge on any atom is 0.241 e. The Morgan fingerprint density at radius 2 is 1.65 bits per heavy atom. The van der Waals surface area contributed by atoms with E-state index in [0.717, 1.165) is 27.4 Å². The van der Waals surface area contributed by atoms with Gasteiger partial charge in [-0.3, -0.25) is 9.10 Å². The van der Waals surface area contributed by atoms with E-state index in [1.807, 2.05) is 62.4 Å². The van der Waals surface area contributed by atoms with Crippen molar-refractivity contribution in [2.24, 2.45) is 0 Å². The monoisotopic (exact) mass is 482 g/mol. The van der Waals surface area contributed by atoms with Crippen LogP contribution in [0.2, 0.25) is 0 Å². The third-order valence-electron chi connectivity index (χ3n) is 5.36. The zero-order valence-electron chi connectivity index (χ0n) is 19.8. The average molecular weight is 483 g/mol. The molecule has 1 amide bonds. The van der Waals surface area contributed by atoms with Crippen LogP contribution in [0.25, 0.3) is 0 Å². The van der Waals surface area contributed by atoms with Gasteiger partial charge in [0, 0.05) is 0 Å². The molecule has 8 heteroatoms. The Morgan fingerprint density at radius 3 is 2.21 bits per heavy atom. The van der Waals surface area contributed by atoms with Crippen molar-refractivity contribution in [3.63, 3.8) is 0 Å². The third kappa shape index (κ3) is 6.51. The third-order valence-corrected chi connectivity index (χ3v) is 6.50. The van der Waals surface area contributed by atoms with Crippen molar-refractivity contribution in [3.05, 3.63) is 83.9 Å². The first kappa shape index (κ1) is 25.1. The highest BCUT2D eigenvalue weighted by Gasteiger charge is 2.23. The smallest absolute Gasteiger partial charge is 0.241 e. The molecule has 0 aliphatic carbocycles. The number of para-hydroxylation sites is 1. The highest BCUT2D eigenvalue weighted by atomic mass is 32.2. The number of anilines is 1. The van der Waals surface area contributed by atoms with Crippen molar-refractivity contribution in [3.8, 4) is 17.2 Å². The molecule has 0 unspecified atom stereocenters. The molecule has 1 atom stereocenters. The van der Waals surface area contributed by atoms with E-state index in [0.29, 0.717) is 23.6 Å². The van der Waals surface area contributed by atoms with Crippen LogP contribution < -0.4 is 19.1 Å². The molecule has 180 valence electrons. The Hall–Kier alpha value is -3.52. The summed E-state index contributed by atoms with van der Waals surface area (Å²) in [5, 5.41) is 2.95. The van der Waals surface area contributed by atoms with Crippen LogP contribution in [-0.4, -0.2) is 34.2 Å². The summed E-state index contributed by atoms with van der Waals surface area (Å²) in [6.07, 6.45) is 1.74. The molecule has 0 saturated heterocycles. The fourth-order valence-corrected chi connectivity index (χ4v) is 4.47. The second-order valence-corrected chi connectivity index (χ2v) is 9.84. The van der Waals surface area contributed by atoms with Gasteiger partial charge in [0.2, 0.25) is 15.9 Å². The number of nitrogens with zero attached hydrogens (tertiary/aromatic N) is 1. The van der Waals surface area contributed by atoms with Crippen LogP contribution in [0.5, 0.6) is 17.2 Å². The number of sulfonamides is 1. The molecular weight excluding hydrogens is 452 g/mol. The molecule has 0 aliphatic rings. The topological polar surface area (TPSA) is 84.9 Å². The molecule has 7 nitrogen and oxygen atoms in total. The molecule has 0 aromatic heterocycles. The lowest BCUT2D eigenvalue weighted by Gasteiger charge is -2.24. The molecule has 0 saturated carbocycles. The number of carbonyl (C=O) groups is 1. The molecule has 0 spiro atoms. The molecule has 3 aromatic rings. The molecule has 0 bridgehead atoms. The summed E-state index contributed by atoms with van der Waals surface area (Å²) in [5.41, 5.74) is 2.28. The Kier molecular flexibility index (Phi) is 8.17. The van der Waals surface area contributed by atoms with E-state index < -0.39 is 15.9 Å². The summed E-state index contributed by atoms with van der Waals surface area (Å²) in [5.74, 6) is 1.62. The van der Waals surface area contributed by atoms with Gasteiger partial charge in [-0.2, -0.15) is 0 Å². The zero-order chi connectivity index (χ0) is 24.7. The van der Waals surface area contributed by atoms with E-state index in [2.05, 4.69) is 5.32 Å². The molecule has 0 radical (unpaired) electrons. The van der Waals surface area contributed by atoms with Gasteiger partial charge in [0.25, 0.3) is 0 Å². The minimum absolute atomic E-state index is 0.250. The lowest BCUT2D eigenvalue weighted by molar-refractivity contribution is -0.120. The summed E-state index contributed by atoms with van der Waals surface area (Å²) in [6.45, 7) is 3.57. The Morgan fingerprint density at radius 1 is 1.00 bits per heavy atom. The Labute approximate surface area is 201 Å². The summed E-state index contributed by atoms with van der Waals surface area (Å²) >= 11 is 0. The highest BCUT2D eigenvalue weighted by molar-refractivity contribution is 7.92. The fourth-order valence-electron chi connectivity index (χ4n) is 3.61. The lowest BCUT2D eigenvalue weighted by Crippen LogP contribution is -2.41. The maximum atomic E-state index is 12.9. The predicted octanol–water partition coefficient (Wildman–Crippen LogP) is 4.83. The summed E-state index contributed by atoms with van der Waals surface area (Å²) < 4.78 is 37.1. The highest BCUT2D eigenvalue weighted by Crippen LogP contribution is 2.26. The number of benzene rings is 3. The normalized spacial score (nSPS) is 12.0.